The number of primary amides is 1. The first kappa shape index (κ1) is 41.3. The lowest BCUT2D eigenvalue weighted by Gasteiger charge is -2.39. The molecular formula is C38H49N6O10P. The maximum absolute atomic E-state index is 14.4. The molecule has 17 heteroatoms. The summed E-state index contributed by atoms with van der Waals surface area (Å²) in [5.41, 5.74) is 6.40. The summed E-state index contributed by atoms with van der Waals surface area (Å²) >= 11 is 0. The van der Waals surface area contributed by atoms with E-state index >= 15 is 0 Å². The van der Waals surface area contributed by atoms with E-state index in [0.717, 1.165) is 5.56 Å². The van der Waals surface area contributed by atoms with Gasteiger partial charge in [0.2, 0.25) is 23.6 Å². The fraction of sp³-hybridized carbons (Fsp3) is 0.474. The normalized spacial score (nSPS) is 20.1. The highest BCUT2D eigenvalue weighted by Crippen LogP contribution is 2.39. The van der Waals surface area contributed by atoms with Crippen molar-refractivity contribution in [3.63, 3.8) is 0 Å². The van der Waals surface area contributed by atoms with E-state index in [9.17, 15) is 43.1 Å². The Balaban J connectivity index is 1.33. The van der Waals surface area contributed by atoms with Gasteiger partial charge in [0.15, 0.2) is 0 Å². The Labute approximate surface area is 318 Å². The van der Waals surface area contributed by atoms with E-state index in [1.807, 2.05) is 24.3 Å². The van der Waals surface area contributed by atoms with Gasteiger partial charge < -0.3 is 45.7 Å². The molecule has 16 nitrogen and oxygen atoms in total. The summed E-state index contributed by atoms with van der Waals surface area (Å²) in [5, 5.41) is 6.05. The summed E-state index contributed by atoms with van der Waals surface area (Å²) in [6.07, 6.45) is 0.935. The van der Waals surface area contributed by atoms with Gasteiger partial charge in [0.05, 0.1) is 18.8 Å². The molecule has 5 atom stereocenters. The van der Waals surface area contributed by atoms with Gasteiger partial charge in [-0.25, -0.2) is 0 Å². The van der Waals surface area contributed by atoms with Gasteiger partial charge in [-0.3, -0.25) is 33.3 Å². The Morgan fingerprint density at radius 1 is 1.02 bits per heavy atom. The van der Waals surface area contributed by atoms with Crippen molar-refractivity contribution < 1.29 is 47.9 Å². The molecule has 2 aromatic carbocycles. The molecule has 5 rings (SSSR count). The Kier molecular flexibility index (Phi) is 13.0. The van der Waals surface area contributed by atoms with Crippen LogP contribution in [0.5, 0.6) is 0 Å². The minimum Gasteiger partial charge on any atom is -0.372 e. The van der Waals surface area contributed by atoms with Crippen molar-refractivity contribution in [3.8, 4) is 0 Å². The van der Waals surface area contributed by atoms with Gasteiger partial charge in [0, 0.05) is 48.9 Å². The zero-order valence-corrected chi connectivity index (χ0v) is 32.2. The van der Waals surface area contributed by atoms with Crippen LogP contribution in [-0.2, 0) is 35.1 Å². The standard InChI is InChI=1S/C38H49N6O10P/c1-21(2)25-7-5-24(6-8-25)20-54-22(3)29(12-14-34(39)46)41-36(48)33-13-10-28-15-16-43(23(4)45)19-32(37(49)44(28)33)42-35(47)31-18-27-17-26(9-11-30(27)40-31)38(50)55(51,52)53/h5-9,11,17-18,21-22,28-29,32-33,40H,10,12-16,19-20H2,1-4H3,(H2,39,46)(H,41,48)(H,42,47)(H2,51,52,53)/t22-,28-,29+,32+,33+/m1/s1. The first-order valence-electron chi connectivity index (χ1n) is 18.3. The van der Waals surface area contributed by atoms with E-state index in [2.05, 4.69) is 29.5 Å². The third-order valence-electron chi connectivity index (χ3n) is 10.4. The fourth-order valence-corrected chi connectivity index (χ4v) is 7.64. The zero-order valence-electron chi connectivity index (χ0n) is 31.3. The van der Waals surface area contributed by atoms with Crippen molar-refractivity contribution in [1.29, 1.82) is 0 Å². The van der Waals surface area contributed by atoms with Crippen LogP contribution in [0.1, 0.15) is 97.7 Å². The maximum Gasteiger partial charge on any atom is 0.396 e. The molecule has 0 saturated carbocycles. The predicted molar refractivity (Wildman–Crippen MR) is 202 cm³/mol. The van der Waals surface area contributed by atoms with Gasteiger partial charge in [0.1, 0.15) is 17.8 Å². The lowest BCUT2D eigenvalue weighted by molar-refractivity contribution is -0.145. The van der Waals surface area contributed by atoms with Crippen LogP contribution in [-0.4, -0.2) is 103 Å². The molecule has 2 aliphatic rings. The largest absolute Gasteiger partial charge is 0.396 e. The van der Waals surface area contributed by atoms with Crippen molar-refractivity contribution >= 4 is 53.6 Å². The average molecular weight is 781 g/mol. The topological polar surface area (TPSA) is 242 Å². The van der Waals surface area contributed by atoms with E-state index in [0.29, 0.717) is 36.1 Å². The summed E-state index contributed by atoms with van der Waals surface area (Å²) in [5.74, 6) is -2.14. The van der Waals surface area contributed by atoms with Crippen LogP contribution in [0.4, 0.5) is 0 Å². The van der Waals surface area contributed by atoms with Crippen molar-refractivity contribution in [3.05, 3.63) is 70.9 Å². The number of rotatable bonds is 14. The molecule has 2 saturated heterocycles. The van der Waals surface area contributed by atoms with Crippen LogP contribution >= 0.6 is 7.60 Å². The minimum absolute atomic E-state index is 0.00169. The lowest BCUT2D eigenvalue weighted by Crippen LogP contribution is -2.61. The summed E-state index contributed by atoms with van der Waals surface area (Å²) in [6, 6.07) is 10.2. The molecule has 0 unspecified atom stereocenters. The number of nitrogens with zero attached hydrogens (tertiary/aromatic N) is 2. The Morgan fingerprint density at radius 2 is 1.73 bits per heavy atom. The van der Waals surface area contributed by atoms with Gasteiger partial charge in [-0.2, -0.15) is 0 Å². The second kappa shape index (κ2) is 17.3. The molecule has 55 heavy (non-hydrogen) atoms. The van der Waals surface area contributed by atoms with Crippen LogP contribution in [0, 0.1) is 0 Å². The highest BCUT2D eigenvalue weighted by Gasteiger charge is 2.46. The first-order chi connectivity index (χ1) is 25.9. The molecule has 2 fully saturated rings. The third-order valence-corrected chi connectivity index (χ3v) is 11.2. The van der Waals surface area contributed by atoms with Crippen molar-refractivity contribution in [2.24, 2.45) is 5.73 Å². The minimum atomic E-state index is -5.04. The number of aromatic nitrogens is 1. The molecule has 0 aliphatic carbocycles. The number of amides is 5. The molecule has 2 aliphatic heterocycles. The number of ether oxygens (including phenoxy) is 1. The molecule has 7 N–H and O–H groups in total. The molecule has 1 aromatic heterocycles. The van der Waals surface area contributed by atoms with Gasteiger partial charge in [-0.1, -0.05) is 38.1 Å². The van der Waals surface area contributed by atoms with Crippen molar-refractivity contribution in [2.75, 3.05) is 13.1 Å². The van der Waals surface area contributed by atoms with Gasteiger partial charge >= 0.3 is 7.60 Å². The fourth-order valence-electron chi connectivity index (χ4n) is 7.16. The van der Waals surface area contributed by atoms with Crippen LogP contribution in [0.15, 0.2) is 48.5 Å². The van der Waals surface area contributed by atoms with Gasteiger partial charge in [-0.15, -0.1) is 0 Å². The molecule has 296 valence electrons. The van der Waals surface area contributed by atoms with E-state index in [-0.39, 0.29) is 49.7 Å². The smallest absolute Gasteiger partial charge is 0.372 e. The number of hydrogen-bond acceptors (Lipinski definition) is 8. The van der Waals surface area contributed by atoms with Gasteiger partial charge in [-0.05, 0) is 73.9 Å². The van der Waals surface area contributed by atoms with Crippen molar-refractivity contribution in [1.82, 2.24) is 25.4 Å². The summed E-state index contributed by atoms with van der Waals surface area (Å²) in [7, 11) is -5.04. The number of nitrogens with one attached hydrogen (secondary N) is 3. The van der Waals surface area contributed by atoms with Crippen LogP contribution in [0.2, 0.25) is 0 Å². The van der Waals surface area contributed by atoms with Gasteiger partial charge in [0.25, 0.3) is 11.4 Å². The van der Waals surface area contributed by atoms with E-state index in [4.69, 9.17) is 10.5 Å². The Bertz CT molecular complexity index is 1990. The molecule has 5 amide bonds. The van der Waals surface area contributed by atoms with E-state index < -0.39 is 67.0 Å². The molecule has 0 bridgehead atoms. The predicted octanol–water partition coefficient (Wildman–Crippen LogP) is 2.68. The maximum atomic E-state index is 14.4. The number of hydrogen-bond donors (Lipinski definition) is 6. The third kappa shape index (κ3) is 10.1. The summed E-state index contributed by atoms with van der Waals surface area (Å²) in [6.45, 7) is 7.81. The summed E-state index contributed by atoms with van der Waals surface area (Å²) < 4.78 is 17.7. The monoisotopic (exact) mass is 780 g/mol. The summed E-state index contributed by atoms with van der Waals surface area (Å²) in [4.78, 5) is 103. The molecular weight excluding hydrogens is 731 g/mol. The number of nitrogens with two attached hydrogens (primary N) is 1. The van der Waals surface area contributed by atoms with Crippen LogP contribution < -0.4 is 16.4 Å². The highest BCUT2D eigenvalue weighted by atomic mass is 31.2. The molecule has 0 spiro atoms. The molecule has 3 heterocycles. The number of aromatic amines is 1. The Morgan fingerprint density at radius 3 is 2.36 bits per heavy atom. The molecule has 0 radical (unpaired) electrons. The highest BCUT2D eigenvalue weighted by molar-refractivity contribution is 7.70. The molecule has 3 aromatic rings. The Hall–Kier alpha value is -4.89. The second-order valence-corrected chi connectivity index (χ2v) is 16.1. The second-order valence-electron chi connectivity index (χ2n) is 14.6. The van der Waals surface area contributed by atoms with Crippen LogP contribution in [0.3, 0.4) is 0 Å². The zero-order chi connectivity index (χ0) is 40.2. The van der Waals surface area contributed by atoms with Crippen molar-refractivity contribution in [2.45, 2.75) is 103 Å². The number of H-pyrrole nitrogens is 1. The number of carbonyl (C=O) groups excluding carboxylic acids is 6. The van der Waals surface area contributed by atoms with E-state index in [1.165, 1.54) is 46.6 Å². The number of carbonyl (C=O) groups is 6. The quantitative estimate of drug-likeness (QED) is 0.131. The van der Waals surface area contributed by atoms with Crippen LogP contribution in [0.25, 0.3) is 10.9 Å². The first-order valence-corrected chi connectivity index (χ1v) is 19.9. The lowest BCUT2D eigenvalue weighted by atomic mass is 10.0. The van der Waals surface area contributed by atoms with E-state index in [1.54, 1.807) is 6.92 Å². The average Bonchev–Trinajstić information content (AvgIpc) is 3.76. The number of fused-ring (bicyclic) bond motifs is 2. The SMILES string of the molecule is CC(=O)N1CC[C@H]2CC[C@@H](C(=O)N[C@@H](CCC(N)=O)[C@@H](C)OCc3ccc(C(C)C)cc3)N2C(=O)[C@@H](NC(=O)c2cc3cc(C(=O)P(=O)(O)O)ccc3[nH]2)C1. The number of benzene rings is 2.